The number of carbonyl (C=O) groups excluding carboxylic acids is 1. The van der Waals surface area contributed by atoms with Crippen LogP contribution in [0.15, 0.2) is 53.1 Å². The lowest BCUT2D eigenvalue weighted by Gasteiger charge is -2.22. The molecule has 1 atom stereocenters. The zero-order valence-corrected chi connectivity index (χ0v) is 13.0. The summed E-state index contributed by atoms with van der Waals surface area (Å²) in [7, 11) is 0. The predicted molar refractivity (Wildman–Crippen MR) is 87.1 cm³/mol. The Morgan fingerprint density at radius 1 is 1.25 bits per heavy atom. The Bertz CT molecular complexity index is 838. The number of aromatic nitrogens is 2. The van der Waals surface area contributed by atoms with Gasteiger partial charge in [-0.3, -0.25) is 9.89 Å². The highest BCUT2D eigenvalue weighted by molar-refractivity contribution is 5.91. The maximum atomic E-state index is 12.3. The molecule has 6 heteroatoms. The third-order valence-corrected chi connectivity index (χ3v) is 4.12. The molecular formula is C18H17N3O3. The number of hydrogen-bond donors (Lipinski definition) is 2. The molecule has 1 aromatic carbocycles. The second kappa shape index (κ2) is 6.23. The van der Waals surface area contributed by atoms with E-state index in [4.69, 9.17) is 9.15 Å². The number of nitrogens with one attached hydrogen (secondary N) is 2. The summed E-state index contributed by atoms with van der Waals surface area (Å²) in [6.07, 6.45) is 4.38. The Labute approximate surface area is 138 Å². The van der Waals surface area contributed by atoms with Crippen LogP contribution >= 0.6 is 0 Å². The van der Waals surface area contributed by atoms with Crippen LogP contribution in [0.2, 0.25) is 0 Å². The van der Waals surface area contributed by atoms with E-state index in [1.165, 1.54) is 5.56 Å². The number of aromatic amines is 1. The number of rotatable bonds is 4. The van der Waals surface area contributed by atoms with E-state index in [1.54, 1.807) is 12.1 Å². The van der Waals surface area contributed by atoms with Gasteiger partial charge in [0.2, 0.25) is 0 Å². The third kappa shape index (κ3) is 3.03. The Hall–Kier alpha value is -3.02. The number of nitrogens with zero attached hydrogens (tertiary/aromatic N) is 1. The van der Waals surface area contributed by atoms with E-state index >= 15 is 0 Å². The van der Waals surface area contributed by atoms with Gasteiger partial charge in [-0.15, -0.1) is 0 Å². The number of amides is 1. The molecule has 1 aliphatic rings. The first-order valence-electron chi connectivity index (χ1n) is 7.92. The largest absolute Gasteiger partial charge is 0.426 e. The van der Waals surface area contributed by atoms with Crippen molar-refractivity contribution in [1.82, 2.24) is 15.5 Å². The molecule has 122 valence electrons. The lowest BCUT2D eigenvalue weighted by molar-refractivity contribution is 0.0900. The molecule has 1 amide bonds. The lowest BCUT2D eigenvalue weighted by atomic mass is 9.93. The van der Waals surface area contributed by atoms with Gasteiger partial charge in [0.05, 0.1) is 6.20 Å². The van der Waals surface area contributed by atoms with Gasteiger partial charge < -0.3 is 14.5 Å². The van der Waals surface area contributed by atoms with Crippen LogP contribution in [0.5, 0.6) is 11.7 Å². The summed E-state index contributed by atoms with van der Waals surface area (Å²) in [4.78, 5) is 12.3. The molecule has 24 heavy (non-hydrogen) atoms. The van der Waals surface area contributed by atoms with Crippen LogP contribution < -0.4 is 10.1 Å². The van der Waals surface area contributed by atoms with Gasteiger partial charge in [0.25, 0.3) is 11.9 Å². The van der Waals surface area contributed by atoms with Crippen LogP contribution in [-0.2, 0) is 12.8 Å². The first-order valence-corrected chi connectivity index (χ1v) is 7.92. The van der Waals surface area contributed by atoms with E-state index in [9.17, 15) is 4.79 Å². The van der Waals surface area contributed by atoms with Crippen LogP contribution in [-0.4, -0.2) is 22.1 Å². The van der Waals surface area contributed by atoms with Crippen molar-refractivity contribution >= 4 is 5.91 Å². The predicted octanol–water partition coefficient (Wildman–Crippen LogP) is 3.08. The van der Waals surface area contributed by atoms with Crippen molar-refractivity contribution in [2.24, 2.45) is 0 Å². The normalized spacial score (nSPS) is 16.4. The standard InChI is InChI=1S/C18H17N3O3/c22-18(20-13-6-7-15-12(10-13)11-19-21-15)16-8-9-17(24-16)23-14-4-2-1-3-5-14/h1-5,8-9,11,13H,6-7,10H2,(H,19,21)(H,20,22). The number of benzene rings is 1. The zero-order valence-electron chi connectivity index (χ0n) is 13.0. The van der Waals surface area contributed by atoms with Gasteiger partial charge in [-0.05, 0) is 43.0 Å². The van der Waals surface area contributed by atoms with Gasteiger partial charge >= 0.3 is 0 Å². The van der Waals surface area contributed by atoms with Crippen LogP contribution in [0.3, 0.4) is 0 Å². The first-order chi connectivity index (χ1) is 11.8. The smallest absolute Gasteiger partial charge is 0.290 e. The Kier molecular flexibility index (Phi) is 3.78. The quantitative estimate of drug-likeness (QED) is 0.773. The molecule has 2 heterocycles. The van der Waals surface area contributed by atoms with Gasteiger partial charge in [-0.2, -0.15) is 5.10 Å². The maximum Gasteiger partial charge on any atom is 0.290 e. The maximum absolute atomic E-state index is 12.3. The van der Waals surface area contributed by atoms with E-state index in [0.29, 0.717) is 11.7 Å². The van der Waals surface area contributed by atoms with E-state index < -0.39 is 0 Å². The molecule has 0 saturated carbocycles. The van der Waals surface area contributed by atoms with E-state index in [-0.39, 0.29) is 17.7 Å². The molecule has 0 radical (unpaired) electrons. The molecule has 6 nitrogen and oxygen atoms in total. The summed E-state index contributed by atoms with van der Waals surface area (Å²) in [6, 6.07) is 12.7. The Balaban J connectivity index is 1.39. The molecule has 3 aromatic rings. The fourth-order valence-corrected chi connectivity index (χ4v) is 2.90. The number of para-hydroxylation sites is 1. The minimum atomic E-state index is -0.227. The van der Waals surface area contributed by atoms with Gasteiger partial charge in [-0.25, -0.2) is 0 Å². The number of carbonyl (C=O) groups is 1. The van der Waals surface area contributed by atoms with Crippen LogP contribution in [0.1, 0.15) is 28.2 Å². The van der Waals surface area contributed by atoms with Crippen molar-refractivity contribution in [3.63, 3.8) is 0 Å². The lowest BCUT2D eigenvalue weighted by Crippen LogP contribution is -2.38. The number of H-pyrrole nitrogens is 1. The zero-order chi connectivity index (χ0) is 16.4. The van der Waals surface area contributed by atoms with Crippen molar-refractivity contribution in [2.45, 2.75) is 25.3 Å². The first kappa shape index (κ1) is 14.6. The number of ether oxygens (including phenoxy) is 1. The molecule has 0 saturated heterocycles. The van der Waals surface area contributed by atoms with E-state index in [1.807, 2.05) is 36.5 Å². The topological polar surface area (TPSA) is 80.2 Å². The molecule has 1 aliphatic carbocycles. The van der Waals surface area contributed by atoms with Crippen molar-refractivity contribution < 1.29 is 13.9 Å². The molecule has 4 rings (SSSR count). The number of hydrogen-bond acceptors (Lipinski definition) is 4. The van der Waals surface area contributed by atoms with Crippen molar-refractivity contribution in [2.75, 3.05) is 0 Å². The van der Waals surface area contributed by atoms with Gasteiger partial charge in [0.1, 0.15) is 5.75 Å². The average molecular weight is 323 g/mol. The fraction of sp³-hybridized carbons (Fsp3) is 0.222. The SMILES string of the molecule is O=C(NC1CCc2[nH]ncc2C1)c1ccc(Oc2ccccc2)o1. The fourth-order valence-electron chi connectivity index (χ4n) is 2.90. The molecule has 2 N–H and O–H groups in total. The molecule has 0 fully saturated rings. The molecule has 0 bridgehead atoms. The summed E-state index contributed by atoms with van der Waals surface area (Å²) in [5.41, 5.74) is 2.33. The van der Waals surface area contributed by atoms with Gasteiger partial charge in [0.15, 0.2) is 5.76 Å². The molecule has 2 aromatic heterocycles. The van der Waals surface area contributed by atoms with Crippen LogP contribution in [0, 0.1) is 0 Å². The van der Waals surface area contributed by atoms with Crippen molar-refractivity contribution in [3.05, 3.63) is 65.7 Å². The second-order valence-corrected chi connectivity index (χ2v) is 5.82. The summed E-state index contributed by atoms with van der Waals surface area (Å²) >= 11 is 0. The van der Waals surface area contributed by atoms with Crippen molar-refractivity contribution in [1.29, 1.82) is 0 Å². The number of furan rings is 1. The highest BCUT2D eigenvalue weighted by Crippen LogP contribution is 2.24. The minimum absolute atomic E-state index is 0.0891. The molecule has 0 aliphatic heterocycles. The second-order valence-electron chi connectivity index (χ2n) is 5.82. The summed E-state index contributed by atoms with van der Waals surface area (Å²) in [5, 5.41) is 10.1. The minimum Gasteiger partial charge on any atom is -0.426 e. The van der Waals surface area contributed by atoms with Crippen molar-refractivity contribution in [3.8, 4) is 11.7 Å². The summed E-state index contributed by atoms with van der Waals surface area (Å²) < 4.78 is 11.1. The molecular weight excluding hydrogens is 306 g/mol. The van der Waals surface area contributed by atoms with Gasteiger partial charge in [-0.1, -0.05) is 18.2 Å². The highest BCUT2D eigenvalue weighted by atomic mass is 16.6. The summed E-state index contributed by atoms with van der Waals surface area (Å²) in [5.74, 6) is 0.986. The Morgan fingerprint density at radius 2 is 2.12 bits per heavy atom. The monoisotopic (exact) mass is 323 g/mol. The molecule has 1 unspecified atom stereocenters. The average Bonchev–Trinajstić information content (AvgIpc) is 3.24. The van der Waals surface area contributed by atoms with Gasteiger partial charge in [0, 0.05) is 17.8 Å². The summed E-state index contributed by atoms with van der Waals surface area (Å²) in [6.45, 7) is 0. The van der Waals surface area contributed by atoms with Crippen LogP contribution in [0.25, 0.3) is 0 Å². The highest BCUT2D eigenvalue weighted by Gasteiger charge is 2.23. The number of aryl methyl sites for hydroxylation is 1. The third-order valence-electron chi connectivity index (χ3n) is 4.12. The van der Waals surface area contributed by atoms with E-state index in [0.717, 1.165) is 25.0 Å². The van der Waals surface area contributed by atoms with E-state index in [2.05, 4.69) is 15.5 Å². The Morgan fingerprint density at radius 3 is 3.00 bits per heavy atom. The number of fused-ring (bicyclic) bond motifs is 1. The van der Waals surface area contributed by atoms with Crippen LogP contribution in [0.4, 0.5) is 0 Å². The molecule has 0 spiro atoms.